The molecule has 2 nitrogen and oxygen atoms in total. The van der Waals surface area contributed by atoms with Gasteiger partial charge in [-0.1, -0.05) is 43.6 Å². The lowest BCUT2D eigenvalue weighted by Crippen LogP contribution is -1.94. The Hall–Kier alpha value is -1.41. The van der Waals surface area contributed by atoms with Crippen molar-refractivity contribution >= 4 is 11.6 Å². The Labute approximate surface area is 113 Å². The smallest absolute Gasteiger partial charge is 0.136 e. The van der Waals surface area contributed by atoms with Crippen LogP contribution in [0.5, 0.6) is 0 Å². The lowest BCUT2D eigenvalue weighted by molar-refractivity contribution is 1.03. The zero-order valence-electron chi connectivity index (χ0n) is 11.2. The van der Waals surface area contributed by atoms with Gasteiger partial charge in [0.15, 0.2) is 0 Å². The molecule has 3 rings (SSSR count). The third-order valence-electron chi connectivity index (χ3n) is 3.09. The summed E-state index contributed by atoms with van der Waals surface area (Å²) in [6.07, 6.45) is 0.858. The fourth-order valence-electron chi connectivity index (χ4n) is 2.28. The minimum absolute atomic E-state index is 0.595. The molecule has 0 aliphatic heterocycles. The Morgan fingerprint density at radius 3 is 2.50 bits per heavy atom. The van der Waals surface area contributed by atoms with E-state index >= 15 is 0 Å². The predicted molar refractivity (Wildman–Crippen MR) is 76.1 cm³/mol. The SMILES string of the molecule is CC.Cc1nc(Cl)c2c(n1)-c1cccc(C)c1C2. The molecule has 1 aliphatic carbocycles. The molecule has 0 atom stereocenters. The van der Waals surface area contributed by atoms with Crippen molar-refractivity contribution in [3.05, 3.63) is 45.9 Å². The van der Waals surface area contributed by atoms with E-state index in [0.717, 1.165) is 23.5 Å². The normalized spacial score (nSPS) is 11.4. The molecular weight excluding hydrogens is 244 g/mol. The molecule has 3 heteroatoms. The van der Waals surface area contributed by atoms with E-state index in [2.05, 4.69) is 35.1 Å². The fourth-order valence-corrected chi connectivity index (χ4v) is 2.56. The lowest BCUT2D eigenvalue weighted by atomic mass is 10.0. The molecule has 0 radical (unpaired) electrons. The van der Waals surface area contributed by atoms with Crippen LogP contribution in [0.2, 0.25) is 5.15 Å². The van der Waals surface area contributed by atoms with Crippen molar-refractivity contribution in [2.75, 3.05) is 0 Å². The Morgan fingerprint density at radius 2 is 1.78 bits per heavy atom. The summed E-state index contributed by atoms with van der Waals surface area (Å²) in [6.45, 7) is 8.00. The van der Waals surface area contributed by atoms with Crippen LogP contribution in [0.4, 0.5) is 0 Å². The first-order chi connectivity index (χ1) is 8.66. The monoisotopic (exact) mass is 260 g/mol. The number of benzene rings is 1. The molecule has 1 aromatic heterocycles. The largest absolute Gasteiger partial charge is 0.233 e. The van der Waals surface area contributed by atoms with Gasteiger partial charge in [-0.05, 0) is 25.0 Å². The number of aryl methyl sites for hydroxylation is 2. The topological polar surface area (TPSA) is 25.8 Å². The Bertz CT molecular complexity index is 591. The molecule has 1 aromatic carbocycles. The lowest BCUT2D eigenvalue weighted by Gasteiger charge is -2.03. The Morgan fingerprint density at radius 1 is 1.06 bits per heavy atom. The van der Waals surface area contributed by atoms with E-state index in [1.54, 1.807) is 0 Å². The second-order valence-electron chi connectivity index (χ2n) is 4.17. The van der Waals surface area contributed by atoms with E-state index in [0.29, 0.717) is 5.15 Å². The summed E-state index contributed by atoms with van der Waals surface area (Å²) in [7, 11) is 0. The van der Waals surface area contributed by atoms with Crippen molar-refractivity contribution in [3.63, 3.8) is 0 Å². The van der Waals surface area contributed by atoms with Crippen molar-refractivity contribution in [3.8, 4) is 11.3 Å². The number of aromatic nitrogens is 2. The third kappa shape index (κ3) is 2.01. The quantitative estimate of drug-likeness (QED) is 0.562. The maximum absolute atomic E-state index is 6.17. The molecule has 94 valence electrons. The van der Waals surface area contributed by atoms with Gasteiger partial charge in [0, 0.05) is 17.5 Å². The zero-order chi connectivity index (χ0) is 13.3. The highest BCUT2D eigenvalue weighted by molar-refractivity contribution is 6.30. The van der Waals surface area contributed by atoms with Gasteiger partial charge in [-0.3, -0.25) is 0 Å². The van der Waals surface area contributed by atoms with Gasteiger partial charge < -0.3 is 0 Å². The average Bonchev–Trinajstić information content (AvgIpc) is 2.73. The van der Waals surface area contributed by atoms with Crippen LogP contribution in [-0.4, -0.2) is 9.97 Å². The number of rotatable bonds is 0. The van der Waals surface area contributed by atoms with Crippen LogP contribution in [0, 0.1) is 13.8 Å². The van der Waals surface area contributed by atoms with Crippen molar-refractivity contribution < 1.29 is 0 Å². The fraction of sp³-hybridized carbons (Fsp3) is 0.333. The van der Waals surface area contributed by atoms with Crippen LogP contribution in [0.3, 0.4) is 0 Å². The van der Waals surface area contributed by atoms with E-state index in [4.69, 9.17) is 11.6 Å². The molecule has 0 saturated heterocycles. The van der Waals surface area contributed by atoms with E-state index in [1.165, 1.54) is 16.7 Å². The van der Waals surface area contributed by atoms with E-state index < -0.39 is 0 Å². The minimum Gasteiger partial charge on any atom is -0.233 e. The molecule has 0 unspecified atom stereocenters. The molecule has 1 heterocycles. The number of hydrogen-bond donors (Lipinski definition) is 0. The van der Waals surface area contributed by atoms with Crippen LogP contribution in [0.15, 0.2) is 18.2 Å². The molecule has 0 N–H and O–H groups in total. The summed E-state index contributed by atoms with van der Waals surface area (Å²) < 4.78 is 0. The number of fused-ring (bicyclic) bond motifs is 3. The van der Waals surface area contributed by atoms with E-state index in [-0.39, 0.29) is 0 Å². The van der Waals surface area contributed by atoms with Gasteiger partial charge in [-0.25, -0.2) is 9.97 Å². The maximum Gasteiger partial charge on any atom is 0.136 e. The van der Waals surface area contributed by atoms with Gasteiger partial charge >= 0.3 is 0 Å². The second kappa shape index (κ2) is 5.07. The van der Waals surface area contributed by atoms with Gasteiger partial charge in [0.25, 0.3) is 0 Å². The summed E-state index contributed by atoms with van der Waals surface area (Å²) in [6, 6.07) is 6.30. The van der Waals surface area contributed by atoms with Crippen molar-refractivity contribution in [1.82, 2.24) is 9.97 Å². The standard InChI is InChI=1S/C13H11ClN2.C2H6/c1-7-4-3-5-9-10(7)6-11-12(9)15-8(2)16-13(11)14;1-2/h3-5H,6H2,1-2H3;1-2H3. The van der Waals surface area contributed by atoms with Gasteiger partial charge in [0.2, 0.25) is 0 Å². The van der Waals surface area contributed by atoms with Gasteiger partial charge in [-0.2, -0.15) is 0 Å². The van der Waals surface area contributed by atoms with E-state index in [9.17, 15) is 0 Å². The molecule has 0 amide bonds. The van der Waals surface area contributed by atoms with Crippen LogP contribution >= 0.6 is 11.6 Å². The number of halogens is 1. The van der Waals surface area contributed by atoms with Crippen molar-refractivity contribution in [2.45, 2.75) is 34.1 Å². The minimum atomic E-state index is 0.595. The Kier molecular flexibility index (Phi) is 3.67. The number of nitrogens with zero attached hydrogens (tertiary/aromatic N) is 2. The summed E-state index contributed by atoms with van der Waals surface area (Å²) in [5.74, 6) is 0.734. The second-order valence-corrected chi connectivity index (χ2v) is 4.52. The molecular formula is C15H17ClN2. The van der Waals surface area contributed by atoms with Crippen LogP contribution in [-0.2, 0) is 6.42 Å². The van der Waals surface area contributed by atoms with Crippen LogP contribution in [0.1, 0.15) is 36.4 Å². The van der Waals surface area contributed by atoms with Crippen molar-refractivity contribution in [2.24, 2.45) is 0 Å². The zero-order valence-corrected chi connectivity index (χ0v) is 12.0. The molecule has 0 bridgehead atoms. The van der Waals surface area contributed by atoms with Crippen LogP contribution < -0.4 is 0 Å². The molecule has 0 saturated carbocycles. The molecule has 0 fully saturated rings. The first-order valence-corrected chi connectivity index (χ1v) is 6.66. The average molecular weight is 261 g/mol. The highest BCUT2D eigenvalue weighted by atomic mass is 35.5. The Balaban J connectivity index is 0.000000574. The first-order valence-electron chi connectivity index (χ1n) is 6.28. The highest BCUT2D eigenvalue weighted by Crippen LogP contribution is 2.39. The molecule has 0 spiro atoms. The summed E-state index contributed by atoms with van der Waals surface area (Å²) in [4.78, 5) is 8.71. The van der Waals surface area contributed by atoms with Gasteiger partial charge in [0.1, 0.15) is 11.0 Å². The first kappa shape index (κ1) is 13.0. The van der Waals surface area contributed by atoms with Crippen LogP contribution in [0.25, 0.3) is 11.3 Å². The third-order valence-corrected chi connectivity index (χ3v) is 3.40. The van der Waals surface area contributed by atoms with Gasteiger partial charge in [-0.15, -0.1) is 0 Å². The summed E-state index contributed by atoms with van der Waals surface area (Å²) in [5, 5.41) is 0.595. The molecule has 2 aromatic rings. The van der Waals surface area contributed by atoms with Gasteiger partial charge in [0.05, 0.1) is 5.69 Å². The summed E-state index contributed by atoms with van der Waals surface area (Å²) in [5.41, 5.74) is 5.92. The summed E-state index contributed by atoms with van der Waals surface area (Å²) >= 11 is 6.17. The predicted octanol–water partition coefficient (Wildman–Crippen LogP) is 4.34. The van der Waals surface area contributed by atoms with Crippen molar-refractivity contribution in [1.29, 1.82) is 0 Å². The highest BCUT2D eigenvalue weighted by Gasteiger charge is 2.24. The molecule has 18 heavy (non-hydrogen) atoms. The number of hydrogen-bond acceptors (Lipinski definition) is 2. The van der Waals surface area contributed by atoms with E-state index in [1.807, 2.05) is 20.8 Å². The molecule has 1 aliphatic rings. The maximum atomic E-state index is 6.17.